The molecule has 2 aliphatic heterocycles. The third-order valence-electron chi connectivity index (χ3n) is 6.39. The molecule has 0 bridgehead atoms. The highest BCUT2D eigenvalue weighted by molar-refractivity contribution is 7.12. The van der Waals surface area contributed by atoms with E-state index in [1.807, 2.05) is 17.5 Å². The minimum Gasteiger partial charge on any atom is -0.450 e. The van der Waals surface area contributed by atoms with Gasteiger partial charge in [0.2, 0.25) is 5.91 Å². The standard InChI is InChI=1S/C25H30N4O5S/c1-2-34-25(33)29-15-13-28(14-16-29)23(31)19-6-3-4-7-20(19)26-22(30)18-9-11-27(12-10-18)24(32)21-8-5-17-35-21/h3-8,17-18H,2,9-16H2,1H3,(H,26,30). The second-order valence-electron chi connectivity index (χ2n) is 8.56. The predicted molar refractivity (Wildman–Crippen MR) is 133 cm³/mol. The lowest BCUT2D eigenvalue weighted by Gasteiger charge is -2.34. The van der Waals surface area contributed by atoms with E-state index in [2.05, 4.69) is 5.32 Å². The molecule has 2 aromatic rings. The quantitative estimate of drug-likeness (QED) is 0.683. The number of anilines is 1. The van der Waals surface area contributed by atoms with Gasteiger partial charge in [-0.3, -0.25) is 14.4 Å². The average Bonchev–Trinajstić information content (AvgIpc) is 3.44. The molecule has 3 heterocycles. The number of carbonyl (C=O) groups excluding carboxylic acids is 4. The van der Waals surface area contributed by atoms with Crippen molar-refractivity contribution >= 4 is 40.8 Å². The second-order valence-corrected chi connectivity index (χ2v) is 9.50. The summed E-state index contributed by atoms with van der Waals surface area (Å²) in [6, 6.07) is 10.7. The summed E-state index contributed by atoms with van der Waals surface area (Å²) in [6.45, 7) is 4.74. The van der Waals surface area contributed by atoms with Gasteiger partial charge in [0.05, 0.1) is 22.7 Å². The van der Waals surface area contributed by atoms with Crippen LogP contribution in [0.15, 0.2) is 41.8 Å². The average molecular weight is 499 g/mol. The van der Waals surface area contributed by atoms with Gasteiger partial charge in [-0.2, -0.15) is 0 Å². The molecule has 9 nitrogen and oxygen atoms in total. The molecule has 1 N–H and O–H groups in total. The Bertz CT molecular complexity index is 1060. The Hall–Kier alpha value is -3.40. The third kappa shape index (κ3) is 5.82. The van der Waals surface area contributed by atoms with Crippen molar-refractivity contribution in [1.82, 2.24) is 14.7 Å². The highest BCUT2D eigenvalue weighted by Gasteiger charge is 2.30. The number of nitrogens with zero attached hydrogens (tertiary/aromatic N) is 3. The summed E-state index contributed by atoms with van der Waals surface area (Å²) in [5.74, 6) is -0.530. The van der Waals surface area contributed by atoms with E-state index in [9.17, 15) is 19.2 Å². The molecule has 0 saturated carbocycles. The van der Waals surface area contributed by atoms with Crippen molar-refractivity contribution in [2.75, 3.05) is 51.2 Å². The summed E-state index contributed by atoms with van der Waals surface area (Å²) in [4.78, 5) is 56.5. The molecule has 4 rings (SSSR count). The maximum absolute atomic E-state index is 13.2. The molecule has 1 aromatic heterocycles. The van der Waals surface area contributed by atoms with Crippen LogP contribution >= 0.6 is 11.3 Å². The fourth-order valence-corrected chi connectivity index (χ4v) is 5.08. The molecule has 186 valence electrons. The second kappa shape index (κ2) is 11.4. The minimum atomic E-state index is -0.365. The van der Waals surface area contributed by atoms with Crippen molar-refractivity contribution in [2.45, 2.75) is 19.8 Å². The zero-order valence-corrected chi connectivity index (χ0v) is 20.6. The first-order valence-electron chi connectivity index (χ1n) is 11.9. The van der Waals surface area contributed by atoms with Crippen molar-refractivity contribution < 1.29 is 23.9 Å². The first-order valence-corrected chi connectivity index (χ1v) is 12.8. The number of benzene rings is 1. The van der Waals surface area contributed by atoms with E-state index in [1.54, 1.807) is 45.9 Å². The van der Waals surface area contributed by atoms with E-state index >= 15 is 0 Å². The molecule has 0 aliphatic carbocycles. The van der Waals surface area contributed by atoms with Crippen LogP contribution in [0.1, 0.15) is 39.8 Å². The molecule has 2 fully saturated rings. The van der Waals surface area contributed by atoms with E-state index in [0.717, 1.165) is 0 Å². The van der Waals surface area contributed by atoms with Crippen LogP contribution in [0.3, 0.4) is 0 Å². The Balaban J connectivity index is 1.33. The Morgan fingerprint density at radius 2 is 1.54 bits per heavy atom. The van der Waals surface area contributed by atoms with Gasteiger partial charge in [0.1, 0.15) is 0 Å². The number of para-hydroxylation sites is 1. The number of likely N-dealkylation sites (tertiary alicyclic amines) is 1. The fourth-order valence-electron chi connectivity index (χ4n) is 4.39. The number of rotatable bonds is 5. The molecular formula is C25H30N4O5S. The molecule has 0 atom stereocenters. The minimum absolute atomic E-state index is 0.0119. The van der Waals surface area contributed by atoms with Crippen molar-refractivity contribution in [2.24, 2.45) is 5.92 Å². The number of ether oxygens (including phenoxy) is 1. The van der Waals surface area contributed by atoms with Crippen LogP contribution in [0.4, 0.5) is 10.5 Å². The molecule has 2 aliphatic rings. The van der Waals surface area contributed by atoms with Gasteiger partial charge in [0.25, 0.3) is 11.8 Å². The van der Waals surface area contributed by atoms with Crippen LogP contribution in [0.2, 0.25) is 0 Å². The summed E-state index contributed by atoms with van der Waals surface area (Å²) in [6.07, 6.45) is 0.791. The number of thiophene rings is 1. The Kier molecular flexibility index (Phi) is 8.02. The maximum Gasteiger partial charge on any atom is 0.409 e. The zero-order chi connectivity index (χ0) is 24.8. The summed E-state index contributed by atoms with van der Waals surface area (Å²) >= 11 is 1.42. The lowest BCUT2D eigenvalue weighted by atomic mass is 9.95. The van der Waals surface area contributed by atoms with Crippen LogP contribution in [0, 0.1) is 5.92 Å². The monoisotopic (exact) mass is 498 g/mol. The number of piperazine rings is 1. The van der Waals surface area contributed by atoms with Crippen molar-refractivity contribution in [3.05, 3.63) is 52.2 Å². The van der Waals surface area contributed by atoms with Crippen LogP contribution in [-0.4, -0.2) is 84.4 Å². The van der Waals surface area contributed by atoms with Crippen LogP contribution in [0.25, 0.3) is 0 Å². The number of piperidine rings is 1. The van der Waals surface area contributed by atoms with Crippen LogP contribution < -0.4 is 5.32 Å². The van der Waals surface area contributed by atoms with Gasteiger partial charge in [-0.1, -0.05) is 18.2 Å². The van der Waals surface area contributed by atoms with E-state index in [-0.39, 0.29) is 29.7 Å². The van der Waals surface area contributed by atoms with E-state index < -0.39 is 0 Å². The molecule has 1 aromatic carbocycles. The molecule has 2 saturated heterocycles. The summed E-state index contributed by atoms with van der Waals surface area (Å²) in [7, 11) is 0. The number of hydrogen-bond donors (Lipinski definition) is 1. The number of hydrogen-bond acceptors (Lipinski definition) is 6. The maximum atomic E-state index is 13.2. The Morgan fingerprint density at radius 1 is 0.886 bits per heavy atom. The molecule has 10 heteroatoms. The topological polar surface area (TPSA) is 99.3 Å². The van der Waals surface area contributed by atoms with Gasteiger partial charge >= 0.3 is 6.09 Å². The summed E-state index contributed by atoms with van der Waals surface area (Å²) < 4.78 is 5.04. The third-order valence-corrected chi connectivity index (χ3v) is 7.25. The largest absolute Gasteiger partial charge is 0.450 e. The van der Waals surface area contributed by atoms with Crippen molar-refractivity contribution in [3.8, 4) is 0 Å². The molecule has 0 radical (unpaired) electrons. The number of carbonyl (C=O) groups is 4. The molecule has 35 heavy (non-hydrogen) atoms. The smallest absolute Gasteiger partial charge is 0.409 e. The molecule has 0 spiro atoms. The molecule has 0 unspecified atom stereocenters. The number of amides is 4. The van der Waals surface area contributed by atoms with E-state index in [1.165, 1.54) is 11.3 Å². The van der Waals surface area contributed by atoms with Gasteiger partial charge in [0.15, 0.2) is 0 Å². The Morgan fingerprint density at radius 3 is 2.20 bits per heavy atom. The lowest BCUT2D eigenvalue weighted by Crippen LogP contribution is -2.50. The first-order chi connectivity index (χ1) is 17.0. The fraction of sp³-hybridized carbons (Fsp3) is 0.440. The summed E-state index contributed by atoms with van der Waals surface area (Å²) in [5.41, 5.74) is 0.906. The van der Waals surface area contributed by atoms with Gasteiger partial charge in [-0.05, 0) is 43.3 Å². The molecule has 4 amide bonds. The van der Waals surface area contributed by atoms with E-state index in [4.69, 9.17) is 4.74 Å². The van der Waals surface area contributed by atoms with Crippen molar-refractivity contribution in [3.63, 3.8) is 0 Å². The van der Waals surface area contributed by atoms with Gasteiger partial charge in [-0.15, -0.1) is 11.3 Å². The zero-order valence-electron chi connectivity index (χ0n) is 19.8. The van der Waals surface area contributed by atoms with Gasteiger partial charge in [0, 0.05) is 45.2 Å². The molecular weight excluding hydrogens is 468 g/mol. The predicted octanol–water partition coefficient (Wildman–Crippen LogP) is 3.15. The SMILES string of the molecule is CCOC(=O)N1CCN(C(=O)c2ccccc2NC(=O)C2CCN(C(=O)c3cccs3)CC2)CC1. The highest BCUT2D eigenvalue weighted by atomic mass is 32.1. The lowest BCUT2D eigenvalue weighted by molar-refractivity contribution is -0.121. The highest BCUT2D eigenvalue weighted by Crippen LogP contribution is 2.24. The Labute approximate surface area is 208 Å². The van der Waals surface area contributed by atoms with Crippen LogP contribution in [0.5, 0.6) is 0 Å². The van der Waals surface area contributed by atoms with Crippen LogP contribution in [-0.2, 0) is 9.53 Å². The normalized spacial score (nSPS) is 16.7. The van der Waals surface area contributed by atoms with E-state index in [0.29, 0.717) is 74.8 Å². The van der Waals surface area contributed by atoms with Gasteiger partial charge < -0.3 is 24.8 Å². The first kappa shape index (κ1) is 24.7. The van der Waals surface area contributed by atoms with Gasteiger partial charge in [-0.25, -0.2) is 4.79 Å². The van der Waals surface area contributed by atoms with Crippen molar-refractivity contribution in [1.29, 1.82) is 0 Å². The summed E-state index contributed by atoms with van der Waals surface area (Å²) in [5, 5.41) is 4.82. The number of nitrogens with one attached hydrogen (secondary N) is 1.